The molecule has 0 bridgehead atoms. The molecule has 17 heavy (non-hydrogen) atoms. The number of nitrogens with zero attached hydrogens (tertiary/aromatic N) is 2. The van der Waals surface area contributed by atoms with Crippen molar-refractivity contribution in [3.8, 4) is 0 Å². The van der Waals surface area contributed by atoms with Gasteiger partial charge in [-0.15, -0.1) is 0 Å². The minimum Gasteiger partial charge on any atom is -0.311 e. The molecular weight excluding hydrogens is 210 g/mol. The minimum atomic E-state index is 0.476. The fourth-order valence-electron chi connectivity index (χ4n) is 2.60. The highest BCUT2D eigenvalue weighted by atomic mass is 15.2. The Labute approximate surface area is 104 Å². The maximum absolute atomic E-state index is 4.09. The van der Waals surface area contributed by atoms with Gasteiger partial charge in [0.25, 0.3) is 0 Å². The Morgan fingerprint density at radius 1 is 1.47 bits per heavy atom. The highest BCUT2D eigenvalue weighted by molar-refractivity contribution is 5.15. The van der Waals surface area contributed by atoms with Crippen molar-refractivity contribution in [1.29, 1.82) is 0 Å². The molecular formula is C14H23N3. The average Bonchev–Trinajstić information content (AvgIpc) is 2.39. The highest BCUT2D eigenvalue weighted by Crippen LogP contribution is 2.24. The van der Waals surface area contributed by atoms with Crippen molar-refractivity contribution in [3.63, 3.8) is 0 Å². The first-order valence-electron chi connectivity index (χ1n) is 6.61. The fraction of sp³-hybridized carbons (Fsp3) is 0.643. The summed E-state index contributed by atoms with van der Waals surface area (Å²) in [6.45, 7) is 9.08. The lowest BCUT2D eigenvalue weighted by atomic mass is 10.0. The van der Waals surface area contributed by atoms with E-state index in [-0.39, 0.29) is 0 Å². The largest absolute Gasteiger partial charge is 0.311 e. The van der Waals surface area contributed by atoms with Gasteiger partial charge in [0, 0.05) is 43.6 Å². The third kappa shape index (κ3) is 2.85. The van der Waals surface area contributed by atoms with Crippen LogP contribution < -0.4 is 5.32 Å². The van der Waals surface area contributed by atoms with Crippen LogP contribution in [0.15, 0.2) is 24.5 Å². The van der Waals surface area contributed by atoms with E-state index in [1.54, 1.807) is 0 Å². The predicted octanol–water partition coefficient (Wildman–Crippen LogP) is 2.21. The Morgan fingerprint density at radius 2 is 2.18 bits per heavy atom. The fourth-order valence-corrected chi connectivity index (χ4v) is 2.60. The third-order valence-electron chi connectivity index (χ3n) is 3.88. The molecule has 1 aliphatic rings. The van der Waals surface area contributed by atoms with Crippen LogP contribution in [0.5, 0.6) is 0 Å². The van der Waals surface area contributed by atoms with Crippen molar-refractivity contribution in [2.75, 3.05) is 13.1 Å². The van der Waals surface area contributed by atoms with Gasteiger partial charge in [-0.3, -0.25) is 9.88 Å². The molecule has 0 aromatic carbocycles. The molecule has 3 unspecified atom stereocenters. The van der Waals surface area contributed by atoms with Crippen LogP contribution in [0.25, 0.3) is 0 Å². The number of aromatic nitrogens is 1. The normalized spacial score (nSPS) is 27.9. The zero-order valence-electron chi connectivity index (χ0n) is 11.1. The topological polar surface area (TPSA) is 28.2 Å². The summed E-state index contributed by atoms with van der Waals surface area (Å²) < 4.78 is 0. The molecule has 2 heterocycles. The summed E-state index contributed by atoms with van der Waals surface area (Å²) in [7, 11) is 0. The number of rotatable bonds is 3. The van der Waals surface area contributed by atoms with Crippen LogP contribution in [-0.4, -0.2) is 35.1 Å². The summed E-state index contributed by atoms with van der Waals surface area (Å²) in [5, 5.41) is 3.60. The van der Waals surface area contributed by atoms with Crippen molar-refractivity contribution >= 4 is 0 Å². The summed E-state index contributed by atoms with van der Waals surface area (Å²) in [6, 6.07) is 5.96. The summed E-state index contributed by atoms with van der Waals surface area (Å²) in [6.07, 6.45) is 4.97. The Bertz CT molecular complexity index is 339. The summed E-state index contributed by atoms with van der Waals surface area (Å²) in [5.74, 6) is 0. The zero-order valence-corrected chi connectivity index (χ0v) is 11.1. The van der Waals surface area contributed by atoms with Crippen LogP contribution >= 0.6 is 0 Å². The number of hydrogen-bond acceptors (Lipinski definition) is 3. The van der Waals surface area contributed by atoms with Gasteiger partial charge in [-0.25, -0.2) is 0 Å². The van der Waals surface area contributed by atoms with Crippen LogP contribution in [-0.2, 0) is 0 Å². The molecule has 1 saturated heterocycles. The Balaban J connectivity index is 2.09. The van der Waals surface area contributed by atoms with Crippen molar-refractivity contribution in [2.45, 2.75) is 45.3 Å². The summed E-state index contributed by atoms with van der Waals surface area (Å²) in [5.41, 5.74) is 1.36. The molecule has 0 radical (unpaired) electrons. The molecule has 3 atom stereocenters. The van der Waals surface area contributed by atoms with Gasteiger partial charge >= 0.3 is 0 Å². The van der Waals surface area contributed by atoms with E-state index in [1.807, 2.05) is 12.4 Å². The molecule has 3 nitrogen and oxygen atoms in total. The van der Waals surface area contributed by atoms with E-state index in [9.17, 15) is 0 Å². The molecule has 1 N–H and O–H groups in total. The lowest BCUT2D eigenvalue weighted by Gasteiger charge is -2.42. The van der Waals surface area contributed by atoms with E-state index < -0.39 is 0 Å². The molecule has 0 aliphatic carbocycles. The molecule has 3 heteroatoms. The molecule has 0 spiro atoms. The third-order valence-corrected chi connectivity index (χ3v) is 3.88. The predicted molar refractivity (Wildman–Crippen MR) is 70.9 cm³/mol. The molecule has 0 amide bonds. The van der Waals surface area contributed by atoms with Gasteiger partial charge in [-0.05, 0) is 38.0 Å². The zero-order chi connectivity index (χ0) is 12.3. The molecule has 94 valence electrons. The second kappa shape index (κ2) is 5.61. The number of pyridine rings is 1. The highest BCUT2D eigenvalue weighted by Gasteiger charge is 2.28. The summed E-state index contributed by atoms with van der Waals surface area (Å²) in [4.78, 5) is 6.69. The van der Waals surface area contributed by atoms with Crippen molar-refractivity contribution in [2.24, 2.45) is 0 Å². The van der Waals surface area contributed by atoms with E-state index in [1.165, 1.54) is 12.0 Å². The molecule has 1 aromatic heterocycles. The van der Waals surface area contributed by atoms with E-state index in [0.717, 1.165) is 13.1 Å². The first-order valence-corrected chi connectivity index (χ1v) is 6.61. The van der Waals surface area contributed by atoms with Crippen molar-refractivity contribution in [3.05, 3.63) is 30.1 Å². The number of hydrogen-bond donors (Lipinski definition) is 1. The number of piperazine rings is 1. The van der Waals surface area contributed by atoms with Crippen LogP contribution in [0.2, 0.25) is 0 Å². The maximum atomic E-state index is 4.09. The second-order valence-corrected chi connectivity index (χ2v) is 5.02. The van der Waals surface area contributed by atoms with Gasteiger partial charge in [0.1, 0.15) is 0 Å². The van der Waals surface area contributed by atoms with Gasteiger partial charge in [0.05, 0.1) is 0 Å². The smallest absolute Gasteiger partial charge is 0.0325 e. The summed E-state index contributed by atoms with van der Waals surface area (Å²) >= 11 is 0. The van der Waals surface area contributed by atoms with Gasteiger partial charge in [-0.1, -0.05) is 6.92 Å². The van der Waals surface area contributed by atoms with E-state index in [0.29, 0.717) is 18.1 Å². The molecule has 1 aliphatic heterocycles. The second-order valence-electron chi connectivity index (χ2n) is 5.02. The SMILES string of the molecule is CCC1CN(C(C)c2ccncc2)C(C)CN1. The van der Waals surface area contributed by atoms with Gasteiger partial charge in [-0.2, -0.15) is 0 Å². The van der Waals surface area contributed by atoms with Crippen molar-refractivity contribution < 1.29 is 0 Å². The maximum Gasteiger partial charge on any atom is 0.0325 e. The quantitative estimate of drug-likeness (QED) is 0.867. The first kappa shape index (κ1) is 12.5. The molecule has 2 rings (SSSR count). The Morgan fingerprint density at radius 3 is 2.82 bits per heavy atom. The van der Waals surface area contributed by atoms with Crippen molar-refractivity contribution in [1.82, 2.24) is 15.2 Å². The number of nitrogens with one attached hydrogen (secondary N) is 1. The van der Waals surface area contributed by atoms with Crippen LogP contribution in [0.4, 0.5) is 0 Å². The van der Waals surface area contributed by atoms with Gasteiger partial charge < -0.3 is 5.32 Å². The standard InChI is InChI=1S/C14H23N3/c1-4-14-10-17(11(2)9-16-14)12(3)13-5-7-15-8-6-13/h5-8,11-12,14,16H,4,9-10H2,1-3H3. The Hall–Kier alpha value is -0.930. The van der Waals surface area contributed by atoms with E-state index >= 15 is 0 Å². The Kier molecular flexibility index (Phi) is 4.13. The first-order chi connectivity index (χ1) is 8.22. The van der Waals surface area contributed by atoms with Crippen LogP contribution in [0.3, 0.4) is 0 Å². The molecule has 1 fully saturated rings. The van der Waals surface area contributed by atoms with Crippen LogP contribution in [0, 0.1) is 0 Å². The molecule has 1 aromatic rings. The van der Waals surface area contributed by atoms with E-state index in [4.69, 9.17) is 0 Å². The lowest BCUT2D eigenvalue weighted by Crippen LogP contribution is -2.55. The monoisotopic (exact) mass is 233 g/mol. The minimum absolute atomic E-state index is 0.476. The molecule has 0 saturated carbocycles. The van der Waals surface area contributed by atoms with Gasteiger partial charge in [0.2, 0.25) is 0 Å². The van der Waals surface area contributed by atoms with E-state index in [2.05, 4.69) is 48.1 Å². The lowest BCUT2D eigenvalue weighted by molar-refractivity contribution is 0.0975. The van der Waals surface area contributed by atoms with Crippen LogP contribution in [0.1, 0.15) is 38.8 Å². The average molecular weight is 233 g/mol. The van der Waals surface area contributed by atoms with Gasteiger partial charge in [0.15, 0.2) is 0 Å².